The number of carbonyl (C=O) groups is 1. The SMILES string of the molecule is O=C(Cn1ccnc1)N1CC[C@@](O)(COc2ccc(F)cc2)C1. The van der Waals surface area contributed by atoms with Crippen LogP contribution in [0.2, 0.25) is 0 Å². The summed E-state index contributed by atoms with van der Waals surface area (Å²) in [5.74, 6) is 0.0805. The van der Waals surface area contributed by atoms with Gasteiger partial charge in [-0.1, -0.05) is 0 Å². The standard InChI is InChI=1S/C16H18FN3O3/c17-13-1-3-14(4-2-13)23-11-16(22)5-7-20(10-16)15(21)9-19-8-6-18-12-19/h1-4,6,8,12,22H,5,7,9-11H2/t16-/m0/s1. The van der Waals surface area contributed by atoms with Crippen molar-refractivity contribution >= 4 is 5.91 Å². The minimum atomic E-state index is -1.08. The molecule has 0 saturated carbocycles. The minimum absolute atomic E-state index is 0.0630. The van der Waals surface area contributed by atoms with Crippen molar-refractivity contribution in [2.24, 2.45) is 0 Å². The molecule has 1 saturated heterocycles. The Kier molecular flexibility index (Phi) is 4.29. The lowest BCUT2D eigenvalue weighted by Gasteiger charge is -2.23. The number of imidazole rings is 1. The second-order valence-electron chi connectivity index (χ2n) is 5.77. The van der Waals surface area contributed by atoms with Crippen LogP contribution in [0.3, 0.4) is 0 Å². The van der Waals surface area contributed by atoms with Crippen LogP contribution in [0, 0.1) is 5.82 Å². The molecule has 1 aromatic heterocycles. The van der Waals surface area contributed by atoms with Gasteiger partial charge in [-0.3, -0.25) is 4.79 Å². The highest BCUT2D eigenvalue weighted by atomic mass is 19.1. The average Bonchev–Trinajstić information content (AvgIpc) is 3.17. The number of amides is 1. The lowest BCUT2D eigenvalue weighted by atomic mass is 10.1. The molecule has 0 bridgehead atoms. The smallest absolute Gasteiger partial charge is 0.242 e. The molecule has 0 radical (unpaired) electrons. The number of aliphatic hydroxyl groups is 1. The zero-order valence-corrected chi connectivity index (χ0v) is 12.6. The Morgan fingerprint density at radius 1 is 1.39 bits per heavy atom. The highest BCUT2D eigenvalue weighted by molar-refractivity contribution is 5.76. The van der Waals surface area contributed by atoms with Crippen molar-refractivity contribution < 1.29 is 19.0 Å². The van der Waals surface area contributed by atoms with Crippen molar-refractivity contribution in [1.29, 1.82) is 0 Å². The molecule has 2 aromatic rings. The first-order valence-electron chi connectivity index (χ1n) is 7.38. The Bertz CT molecular complexity index is 660. The van der Waals surface area contributed by atoms with Crippen LogP contribution < -0.4 is 4.74 Å². The molecule has 3 rings (SSSR count). The Labute approximate surface area is 133 Å². The predicted molar refractivity (Wildman–Crippen MR) is 80.3 cm³/mol. The van der Waals surface area contributed by atoms with Gasteiger partial charge in [-0.2, -0.15) is 0 Å². The van der Waals surface area contributed by atoms with Gasteiger partial charge in [0, 0.05) is 18.9 Å². The van der Waals surface area contributed by atoms with Crippen molar-refractivity contribution in [2.75, 3.05) is 19.7 Å². The van der Waals surface area contributed by atoms with E-state index in [1.807, 2.05) is 0 Å². The Morgan fingerprint density at radius 3 is 2.87 bits per heavy atom. The molecule has 23 heavy (non-hydrogen) atoms. The summed E-state index contributed by atoms with van der Waals surface area (Å²) < 4.78 is 20.0. The normalized spacial score (nSPS) is 20.7. The summed E-state index contributed by atoms with van der Waals surface area (Å²) in [6.45, 7) is 0.973. The number of rotatable bonds is 5. The topological polar surface area (TPSA) is 67.6 Å². The summed E-state index contributed by atoms with van der Waals surface area (Å²) in [6.07, 6.45) is 5.36. The molecule has 7 heteroatoms. The molecule has 1 fully saturated rings. The molecule has 0 aliphatic carbocycles. The highest BCUT2D eigenvalue weighted by Gasteiger charge is 2.38. The second-order valence-corrected chi connectivity index (χ2v) is 5.77. The van der Waals surface area contributed by atoms with E-state index in [-0.39, 0.29) is 31.4 Å². The van der Waals surface area contributed by atoms with Gasteiger partial charge in [0.15, 0.2) is 0 Å². The van der Waals surface area contributed by atoms with E-state index in [1.165, 1.54) is 24.3 Å². The van der Waals surface area contributed by atoms with Gasteiger partial charge in [0.25, 0.3) is 0 Å². The zero-order chi connectivity index (χ0) is 16.3. The van der Waals surface area contributed by atoms with Crippen molar-refractivity contribution in [3.8, 4) is 5.75 Å². The van der Waals surface area contributed by atoms with E-state index in [0.29, 0.717) is 18.7 Å². The largest absolute Gasteiger partial charge is 0.491 e. The molecule has 1 N–H and O–H groups in total. The Morgan fingerprint density at radius 2 is 2.17 bits per heavy atom. The third-order valence-electron chi connectivity index (χ3n) is 3.88. The number of aromatic nitrogens is 2. The molecule has 1 aromatic carbocycles. The number of ether oxygens (including phenoxy) is 1. The van der Waals surface area contributed by atoms with Crippen molar-refractivity contribution in [3.63, 3.8) is 0 Å². The van der Waals surface area contributed by atoms with Crippen molar-refractivity contribution in [1.82, 2.24) is 14.5 Å². The van der Waals surface area contributed by atoms with Crippen LogP contribution in [-0.4, -0.2) is 50.8 Å². The summed E-state index contributed by atoms with van der Waals surface area (Å²) in [4.78, 5) is 17.7. The number of nitrogens with zero attached hydrogens (tertiary/aromatic N) is 3. The maximum Gasteiger partial charge on any atom is 0.242 e. The average molecular weight is 319 g/mol. The highest BCUT2D eigenvalue weighted by Crippen LogP contribution is 2.23. The van der Waals surface area contributed by atoms with E-state index >= 15 is 0 Å². The van der Waals surface area contributed by atoms with E-state index < -0.39 is 5.60 Å². The molecule has 0 unspecified atom stereocenters. The van der Waals surface area contributed by atoms with Crippen LogP contribution in [-0.2, 0) is 11.3 Å². The monoisotopic (exact) mass is 319 g/mol. The number of hydrogen-bond acceptors (Lipinski definition) is 4. The van der Waals surface area contributed by atoms with Crippen molar-refractivity contribution in [2.45, 2.75) is 18.6 Å². The van der Waals surface area contributed by atoms with E-state index in [4.69, 9.17) is 4.74 Å². The molecule has 2 heterocycles. The molecule has 1 aliphatic heterocycles. The number of likely N-dealkylation sites (tertiary alicyclic amines) is 1. The first-order chi connectivity index (χ1) is 11.0. The number of benzene rings is 1. The zero-order valence-electron chi connectivity index (χ0n) is 12.6. The van der Waals surface area contributed by atoms with E-state index in [2.05, 4.69) is 4.98 Å². The third-order valence-corrected chi connectivity index (χ3v) is 3.88. The predicted octanol–water partition coefficient (Wildman–Crippen LogP) is 1.06. The van der Waals surface area contributed by atoms with E-state index in [9.17, 15) is 14.3 Å². The number of halogens is 1. The fraction of sp³-hybridized carbons (Fsp3) is 0.375. The minimum Gasteiger partial charge on any atom is -0.491 e. The van der Waals surface area contributed by atoms with E-state index in [0.717, 1.165) is 0 Å². The Balaban J connectivity index is 1.53. The van der Waals surface area contributed by atoms with Gasteiger partial charge >= 0.3 is 0 Å². The number of carbonyl (C=O) groups excluding carboxylic acids is 1. The van der Waals surface area contributed by atoms with Crippen LogP contribution in [0.15, 0.2) is 43.0 Å². The molecule has 1 atom stereocenters. The third kappa shape index (κ3) is 3.87. The lowest BCUT2D eigenvalue weighted by Crippen LogP contribution is -2.41. The van der Waals surface area contributed by atoms with E-state index in [1.54, 1.807) is 28.2 Å². The molecule has 6 nitrogen and oxygen atoms in total. The second kappa shape index (κ2) is 6.37. The lowest BCUT2D eigenvalue weighted by molar-refractivity contribution is -0.132. The summed E-state index contributed by atoms with van der Waals surface area (Å²) in [7, 11) is 0. The van der Waals surface area contributed by atoms with Gasteiger partial charge in [0.2, 0.25) is 5.91 Å². The van der Waals surface area contributed by atoms with Crippen LogP contribution >= 0.6 is 0 Å². The number of β-amino-alcohol motifs (C(OH)–C–C–N with tert-alkyl or cyclic N) is 1. The summed E-state index contributed by atoms with van der Waals surface area (Å²) in [5, 5.41) is 10.5. The van der Waals surface area contributed by atoms with Crippen LogP contribution in [0.1, 0.15) is 6.42 Å². The van der Waals surface area contributed by atoms with Crippen LogP contribution in [0.5, 0.6) is 5.75 Å². The molecule has 1 aliphatic rings. The van der Waals surface area contributed by atoms with Gasteiger partial charge in [-0.25, -0.2) is 9.37 Å². The first-order valence-corrected chi connectivity index (χ1v) is 7.38. The van der Waals surface area contributed by atoms with Gasteiger partial charge in [0.05, 0.1) is 12.9 Å². The van der Waals surface area contributed by atoms with Gasteiger partial charge in [-0.05, 0) is 30.7 Å². The molecule has 122 valence electrons. The molecule has 1 amide bonds. The summed E-state index contributed by atoms with van der Waals surface area (Å²) in [5.41, 5.74) is -1.08. The van der Waals surface area contributed by atoms with Crippen LogP contribution in [0.4, 0.5) is 4.39 Å². The fourth-order valence-electron chi connectivity index (χ4n) is 2.57. The quantitative estimate of drug-likeness (QED) is 0.895. The van der Waals surface area contributed by atoms with Crippen molar-refractivity contribution in [3.05, 3.63) is 48.8 Å². The molecular weight excluding hydrogens is 301 g/mol. The summed E-state index contributed by atoms with van der Waals surface area (Å²) in [6, 6.07) is 5.62. The summed E-state index contributed by atoms with van der Waals surface area (Å²) >= 11 is 0. The Hall–Kier alpha value is -2.41. The maximum atomic E-state index is 12.8. The van der Waals surface area contributed by atoms with Gasteiger partial charge in [0.1, 0.15) is 30.3 Å². The number of hydrogen-bond donors (Lipinski definition) is 1. The van der Waals surface area contributed by atoms with Crippen LogP contribution in [0.25, 0.3) is 0 Å². The first kappa shape index (κ1) is 15.5. The van der Waals surface area contributed by atoms with Gasteiger partial charge < -0.3 is 19.3 Å². The fourth-order valence-corrected chi connectivity index (χ4v) is 2.57. The molecular formula is C16H18FN3O3. The maximum absolute atomic E-state index is 12.8. The molecule has 0 spiro atoms. The van der Waals surface area contributed by atoms with Gasteiger partial charge in [-0.15, -0.1) is 0 Å².